The molecule has 1 saturated heterocycles. The number of likely N-dealkylation sites (N-methyl/N-ethyl adjacent to an activating group) is 1. The Morgan fingerprint density at radius 2 is 1.90 bits per heavy atom. The second-order valence-corrected chi connectivity index (χ2v) is 4.78. The summed E-state index contributed by atoms with van der Waals surface area (Å²) in [5.74, 6) is -0.411. The highest BCUT2D eigenvalue weighted by Crippen LogP contribution is 2.29. The number of hydrogen-bond acceptors (Lipinski definition) is 3. The minimum atomic E-state index is -4.42. The van der Waals surface area contributed by atoms with Gasteiger partial charge < -0.3 is 15.3 Å². The summed E-state index contributed by atoms with van der Waals surface area (Å²) >= 11 is 0. The molecule has 0 aliphatic carbocycles. The van der Waals surface area contributed by atoms with Crippen LogP contribution in [-0.2, 0) is 6.18 Å². The Morgan fingerprint density at radius 1 is 1.30 bits per heavy atom. The molecule has 2 rings (SSSR count). The van der Waals surface area contributed by atoms with E-state index in [1.165, 1.54) is 11.9 Å². The fourth-order valence-electron chi connectivity index (χ4n) is 2.20. The van der Waals surface area contributed by atoms with E-state index < -0.39 is 23.8 Å². The average Bonchev–Trinajstić information content (AvgIpc) is 2.82. The van der Waals surface area contributed by atoms with E-state index in [1.807, 2.05) is 0 Å². The second kappa shape index (κ2) is 5.41. The molecule has 1 aromatic carbocycles. The van der Waals surface area contributed by atoms with Crippen molar-refractivity contribution < 1.29 is 23.1 Å². The molecule has 1 aromatic rings. The predicted octanol–water partition coefficient (Wildman–Crippen LogP) is 1.11. The zero-order valence-electron chi connectivity index (χ0n) is 10.8. The summed E-state index contributed by atoms with van der Waals surface area (Å²) < 4.78 is 37.3. The lowest BCUT2D eigenvalue weighted by atomic mass is 10.1. The number of aliphatic hydroxyl groups is 1. The maximum absolute atomic E-state index is 12.4. The van der Waals surface area contributed by atoms with Gasteiger partial charge in [-0.05, 0) is 24.3 Å². The molecule has 0 saturated carbocycles. The number of aliphatic hydroxyl groups excluding tert-OH is 1. The summed E-state index contributed by atoms with van der Waals surface area (Å²) in [6, 6.07) is 3.69. The molecule has 0 bridgehead atoms. The van der Waals surface area contributed by atoms with Gasteiger partial charge in [-0.15, -0.1) is 0 Å². The van der Waals surface area contributed by atoms with Crippen molar-refractivity contribution >= 4 is 5.91 Å². The SMILES string of the molecule is CN(C(=O)c1ccc(C(F)(F)F)cc1)[C@@H]1CNC[C@H]1O. The van der Waals surface area contributed by atoms with Gasteiger partial charge in [-0.1, -0.05) is 0 Å². The summed E-state index contributed by atoms with van der Waals surface area (Å²) in [6.45, 7) is 0.860. The van der Waals surface area contributed by atoms with E-state index in [0.717, 1.165) is 24.3 Å². The molecule has 110 valence electrons. The maximum atomic E-state index is 12.4. The number of benzene rings is 1. The zero-order valence-corrected chi connectivity index (χ0v) is 10.8. The molecule has 0 aromatic heterocycles. The largest absolute Gasteiger partial charge is 0.416 e. The molecule has 1 amide bonds. The van der Waals surface area contributed by atoms with Crippen LogP contribution in [0.5, 0.6) is 0 Å². The monoisotopic (exact) mass is 288 g/mol. The van der Waals surface area contributed by atoms with Gasteiger partial charge in [0.25, 0.3) is 5.91 Å². The highest BCUT2D eigenvalue weighted by Gasteiger charge is 2.33. The number of carbonyl (C=O) groups is 1. The van der Waals surface area contributed by atoms with Gasteiger partial charge >= 0.3 is 6.18 Å². The summed E-state index contributed by atoms with van der Waals surface area (Å²) in [5.41, 5.74) is -0.626. The summed E-state index contributed by atoms with van der Waals surface area (Å²) in [7, 11) is 1.53. The van der Waals surface area contributed by atoms with Crippen LogP contribution in [0.25, 0.3) is 0 Å². The smallest absolute Gasteiger partial charge is 0.390 e. The van der Waals surface area contributed by atoms with Crippen molar-refractivity contribution in [3.05, 3.63) is 35.4 Å². The Bertz CT molecular complexity index is 487. The number of β-amino-alcohol motifs (C(OH)–C–C–N with tert-alkyl or cyclic N) is 1. The third-order valence-electron chi connectivity index (χ3n) is 3.43. The molecular weight excluding hydrogens is 273 g/mol. The second-order valence-electron chi connectivity index (χ2n) is 4.78. The standard InChI is InChI=1S/C13H15F3N2O2/c1-18(10-6-17-7-11(10)19)12(20)8-2-4-9(5-3-8)13(14,15)16/h2-5,10-11,17,19H,6-7H2,1H3/t10-,11-/m1/s1. The first-order valence-electron chi connectivity index (χ1n) is 6.14. The average molecular weight is 288 g/mol. The van der Waals surface area contributed by atoms with Crippen molar-refractivity contribution in [3.8, 4) is 0 Å². The molecule has 0 spiro atoms. The summed E-state index contributed by atoms with van der Waals surface area (Å²) in [6.07, 6.45) is -5.09. The van der Waals surface area contributed by atoms with Crippen LogP contribution in [-0.4, -0.2) is 48.2 Å². The van der Waals surface area contributed by atoms with Crippen molar-refractivity contribution in [1.82, 2.24) is 10.2 Å². The minimum absolute atomic E-state index is 0.166. The highest BCUT2D eigenvalue weighted by atomic mass is 19.4. The lowest BCUT2D eigenvalue weighted by Crippen LogP contribution is -2.44. The topological polar surface area (TPSA) is 52.6 Å². The molecule has 1 aliphatic heterocycles. The third-order valence-corrected chi connectivity index (χ3v) is 3.43. The molecule has 1 aliphatic rings. The fraction of sp³-hybridized carbons (Fsp3) is 0.462. The molecular formula is C13H15F3N2O2. The summed E-state index contributed by atoms with van der Waals surface area (Å²) in [5, 5.41) is 12.6. The van der Waals surface area contributed by atoms with Crippen molar-refractivity contribution in [2.75, 3.05) is 20.1 Å². The fourth-order valence-corrected chi connectivity index (χ4v) is 2.20. The van der Waals surface area contributed by atoms with E-state index in [9.17, 15) is 23.1 Å². The van der Waals surface area contributed by atoms with Crippen LogP contribution in [0.3, 0.4) is 0 Å². The Morgan fingerprint density at radius 3 is 2.35 bits per heavy atom. The zero-order chi connectivity index (χ0) is 14.9. The van der Waals surface area contributed by atoms with E-state index in [1.54, 1.807) is 0 Å². The van der Waals surface area contributed by atoms with Crippen molar-refractivity contribution in [2.24, 2.45) is 0 Å². The first-order valence-corrected chi connectivity index (χ1v) is 6.14. The normalized spacial score (nSPS) is 22.9. The number of amides is 1. The molecule has 2 N–H and O–H groups in total. The predicted molar refractivity (Wildman–Crippen MR) is 66.2 cm³/mol. The van der Waals surface area contributed by atoms with Crippen molar-refractivity contribution in [3.63, 3.8) is 0 Å². The van der Waals surface area contributed by atoms with Crippen LogP contribution in [0.2, 0.25) is 0 Å². The number of nitrogens with one attached hydrogen (secondary N) is 1. The minimum Gasteiger partial charge on any atom is -0.390 e. The van der Waals surface area contributed by atoms with Crippen LogP contribution >= 0.6 is 0 Å². The van der Waals surface area contributed by atoms with Crippen molar-refractivity contribution in [1.29, 1.82) is 0 Å². The lowest BCUT2D eigenvalue weighted by molar-refractivity contribution is -0.137. The van der Waals surface area contributed by atoms with Gasteiger partial charge in [0.2, 0.25) is 0 Å². The van der Waals surface area contributed by atoms with Gasteiger partial charge in [0, 0.05) is 25.7 Å². The van der Waals surface area contributed by atoms with E-state index in [2.05, 4.69) is 5.32 Å². The number of rotatable bonds is 2. The molecule has 4 nitrogen and oxygen atoms in total. The van der Waals surface area contributed by atoms with Gasteiger partial charge in [0.05, 0.1) is 17.7 Å². The molecule has 0 radical (unpaired) electrons. The highest BCUT2D eigenvalue weighted by molar-refractivity contribution is 5.94. The Balaban J connectivity index is 2.13. The molecule has 7 heteroatoms. The van der Waals surface area contributed by atoms with Crippen LogP contribution in [0.1, 0.15) is 15.9 Å². The van der Waals surface area contributed by atoms with Gasteiger partial charge in [-0.2, -0.15) is 13.2 Å². The molecule has 2 atom stereocenters. The van der Waals surface area contributed by atoms with Gasteiger partial charge in [-0.3, -0.25) is 4.79 Å². The number of alkyl halides is 3. The van der Waals surface area contributed by atoms with E-state index in [-0.39, 0.29) is 11.6 Å². The lowest BCUT2D eigenvalue weighted by Gasteiger charge is -2.26. The molecule has 1 fully saturated rings. The number of nitrogens with zero attached hydrogens (tertiary/aromatic N) is 1. The van der Waals surface area contributed by atoms with Crippen LogP contribution < -0.4 is 5.32 Å². The molecule has 1 heterocycles. The number of hydrogen-bond donors (Lipinski definition) is 2. The van der Waals surface area contributed by atoms with Crippen LogP contribution in [0, 0.1) is 0 Å². The van der Waals surface area contributed by atoms with Crippen LogP contribution in [0.4, 0.5) is 13.2 Å². The first kappa shape index (κ1) is 14.8. The van der Waals surface area contributed by atoms with E-state index in [4.69, 9.17) is 0 Å². The Labute approximate surface area is 114 Å². The Kier molecular flexibility index (Phi) is 4.01. The van der Waals surface area contributed by atoms with Crippen LogP contribution in [0.15, 0.2) is 24.3 Å². The third kappa shape index (κ3) is 2.94. The van der Waals surface area contributed by atoms with E-state index >= 15 is 0 Å². The summed E-state index contributed by atoms with van der Waals surface area (Å²) in [4.78, 5) is 13.5. The Hall–Kier alpha value is -1.60. The van der Waals surface area contributed by atoms with Crippen molar-refractivity contribution in [2.45, 2.75) is 18.3 Å². The first-order chi connectivity index (χ1) is 9.30. The van der Waals surface area contributed by atoms with E-state index in [0.29, 0.717) is 13.1 Å². The van der Waals surface area contributed by atoms with Gasteiger partial charge in [0.1, 0.15) is 0 Å². The quantitative estimate of drug-likeness (QED) is 0.857. The molecule has 20 heavy (non-hydrogen) atoms. The number of halogens is 3. The maximum Gasteiger partial charge on any atom is 0.416 e. The molecule has 0 unspecified atom stereocenters. The van der Waals surface area contributed by atoms with Gasteiger partial charge in [0.15, 0.2) is 0 Å². The number of carbonyl (C=O) groups excluding carboxylic acids is 1. The van der Waals surface area contributed by atoms with Gasteiger partial charge in [-0.25, -0.2) is 0 Å².